The second-order valence-electron chi connectivity index (χ2n) is 5.48. The lowest BCUT2D eigenvalue weighted by molar-refractivity contribution is 0.506. The van der Waals surface area contributed by atoms with E-state index < -0.39 is 0 Å². The van der Waals surface area contributed by atoms with Crippen LogP contribution >= 0.6 is 0 Å². The third-order valence-corrected chi connectivity index (χ3v) is 3.07. The van der Waals surface area contributed by atoms with Crippen LogP contribution in [-0.4, -0.2) is 0 Å². The zero-order chi connectivity index (χ0) is 12.2. The van der Waals surface area contributed by atoms with Crippen LogP contribution in [0.15, 0.2) is 47.1 Å². The van der Waals surface area contributed by atoms with Crippen molar-refractivity contribution >= 4 is 0 Å². The molecule has 0 fully saturated rings. The molecule has 0 saturated carbocycles. The maximum absolute atomic E-state index is 2.29. The first-order valence-electron chi connectivity index (χ1n) is 6.14. The van der Waals surface area contributed by atoms with Gasteiger partial charge in [0.15, 0.2) is 0 Å². The summed E-state index contributed by atoms with van der Waals surface area (Å²) >= 11 is 0. The van der Waals surface area contributed by atoms with E-state index in [-0.39, 0.29) is 5.41 Å². The van der Waals surface area contributed by atoms with E-state index in [4.69, 9.17) is 0 Å². The van der Waals surface area contributed by atoms with Crippen molar-refractivity contribution in [1.82, 2.24) is 0 Å². The fourth-order valence-electron chi connectivity index (χ4n) is 2.29. The molecule has 16 heavy (non-hydrogen) atoms. The first kappa shape index (κ1) is 13.0. The topological polar surface area (TPSA) is 0 Å². The smallest absolute Gasteiger partial charge is 0.00919 e. The molecular formula is C16H24. The highest BCUT2D eigenvalue weighted by atomic mass is 14.2. The molecule has 0 atom stereocenters. The number of hydrogen-bond acceptors (Lipinski definition) is 0. The highest BCUT2D eigenvalue weighted by Gasteiger charge is 2.20. The van der Waals surface area contributed by atoms with Crippen molar-refractivity contribution in [2.24, 2.45) is 5.41 Å². The molecule has 0 aromatic heterocycles. The van der Waals surface area contributed by atoms with Gasteiger partial charge in [-0.1, -0.05) is 56.7 Å². The summed E-state index contributed by atoms with van der Waals surface area (Å²) < 4.78 is 0. The van der Waals surface area contributed by atoms with Crippen molar-refractivity contribution in [3.8, 4) is 0 Å². The Bertz CT molecular complexity index is 354. The second-order valence-corrected chi connectivity index (χ2v) is 5.48. The lowest BCUT2D eigenvalue weighted by Gasteiger charge is -2.27. The lowest BCUT2D eigenvalue weighted by atomic mass is 9.78. The molecule has 0 aliphatic heterocycles. The minimum atomic E-state index is 0.238. The van der Waals surface area contributed by atoms with E-state index in [1.807, 2.05) is 0 Å². The Balaban J connectivity index is 3.14. The molecule has 1 aliphatic rings. The summed E-state index contributed by atoms with van der Waals surface area (Å²) in [5, 5.41) is 0. The van der Waals surface area contributed by atoms with Gasteiger partial charge < -0.3 is 0 Å². The average molecular weight is 216 g/mol. The Morgan fingerprint density at radius 2 is 1.69 bits per heavy atom. The summed E-state index contributed by atoms with van der Waals surface area (Å²) in [6.45, 7) is 11.3. The fourth-order valence-corrected chi connectivity index (χ4v) is 2.29. The number of hydrogen-bond donors (Lipinski definition) is 0. The third-order valence-electron chi connectivity index (χ3n) is 3.07. The predicted molar refractivity (Wildman–Crippen MR) is 73.4 cm³/mol. The molecule has 0 heteroatoms. The summed E-state index contributed by atoms with van der Waals surface area (Å²) in [6.07, 6.45) is 13.2. The van der Waals surface area contributed by atoms with Gasteiger partial charge in [-0.15, -0.1) is 0 Å². The van der Waals surface area contributed by atoms with Gasteiger partial charge in [-0.2, -0.15) is 0 Å². The van der Waals surface area contributed by atoms with Crippen LogP contribution in [0.4, 0.5) is 0 Å². The van der Waals surface area contributed by atoms with Crippen LogP contribution in [0.3, 0.4) is 0 Å². The summed E-state index contributed by atoms with van der Waals surface area (Å²) in [5.41, 5.74) is 4.76. The number of allylic oxidation sites excluding steroid dienone is 8. The Morgan fingerprint density at radius 1 is 1.12 bits per heavy atom. The van der Waals surface area contributed by atoms with Crippen molar-refractivity contribution in [3.05, 3.63) is 47.1 Å². The van der Waals surface area contributed by atoms with Gasteiger partial charge >= 0.3 is 0 Å². The van der Waals surface area contributed by atoms with Crippen molar-refractivity contribution in [3.63, 3.8) is 0 Å². The predicted octanol–water partition coefficient (Wildman–Crippen LogP) is 5.20. The quantitative estimate of drug-likeness (QED) is 0.565. The Hall–Kier alpha value is -1.04. The van der Waals surface area contributed by atoms with Crippen LogP contribution in [0, 0.1) is 5.41 Å². The van der Waals surface area contributed by atoms with Crippen LogP contribution in [0.25, 0.3) is 0 Å². The zero-order valence-electron chi connectivity index (χ0n) is 11.3. The molecule has 0 spiro atoms. The lowest BCUT2D eigenvalue weighted by Crippen LogP contribution is -2.12. The van der Waals surface area contributed by atoms with Crippen LogP contribution in [0.5, 0.6) is 0 Å². The van der Waals surface area contributed by atoms with Gasteiger partial charge in [0.25, 0.3) is 0 Å². The van der Waals surface area contributed by atoms with E-state index in [0.29, 0.717) is 0 Å². The monoisotopic (exact) mass is 216 g/mol. The van der Waals surface area contributed by atoms with E-state index in [1.54, 1.807) is 0 Å². The van der Waals surface area contributed by atoms with E-state index in [0.717, 1.165) is 12.8 Å². The van der Waals surface area contributed by atoms with Crippen molar-refractivity contribution in [2.45, 2.75) is 47.5 Å². The number of rotatable bonds is 1. The zero-order valence-corrected chi connectivity index (χ0v) is 11.3. The molecule has 0 saturated heterocycles. The van der Waals surface area contributed by atoms with Crippen LogP contribution < -0.4 is 0 Å². The van der Waals surface area contributed by atoms with Gasteiger partial charge in [-0.25, -0.2) is 0 Å². The fraction of sp³-hybridized carbons (Fsp3) is 0.500. The van der Waals surface area contributed by atoms with Crippen LogP contribution in [0.1, 0.15) is 47.5 Å². The van der Waals surface area contributed by atoms with E-state index in [1.165, 1.54) is 16.7 Å². The molecule has 0 bridgehead atoms. The van der Waals surface area contributed by atoms with Gasteiger partial charge in [0.2, 0.25) is 0 Å². The van der Waals surface area contributed by atoms with Gasteiger partial charge in [0.1, 0.15) is 0 Å². The minimum absolute atomic E-state index is 0.238. The Morgan fingerprint density at radius 3 is 2.19 bits per heavy atom. The molecule has 1 rings (SSSR count). The van der Waals surface area contributed by atoms with Gasteiger partial charge in [-0.3, -0.25) is 0 Å². The first-order valence-corrected chi connectivity index (χ1v) is 6.14. The largest absolute Gasteiger partial charge is 0.0836 e. The van der Waals surface area contributed by atoms with Gasteiger partial charge in [0.05, 0.1) is 0 Å². The molecule has 0 aromatic rings. The molecule has 0 heterocycles. The summed E-state index contributed by atoms with van der Waals surface area (Å²) in [4.78, 5) is 0. The van der Waals surface area contributed by atoms with Crippen LogP contribution in [0.2, 0.25) is 0 Å². The van der Waals surface area contributed by atoms with Crippen molar-refractivity contribution in [2.75, 3.05) is 0 Å². The third kappa shape index (κ3) is 3.23. The molecule has 0 aromatic carbocycles. The van der Waals surface area contributed by atoms with Gasteiger partial charge in [0, 0.05) is 0 Å². The maximum Gasteiger partial charge on any atom is -0.00919 e. The normalized spacial score (nSPS) is 27.2. The standard InChI is InChI=1S/C16H24/c1-6-15(16(3,4)5)14-12-10-8-7-9-11-13(14)2/h6-10H,11-12H2,1-5H3/b9-7-,10-8-,14-13-,15-6+. The maximum atomic E-state index is 2.29. The minimum Gasteiger partial charge on any atom is -0.0836 e. The highest BCUT2D eigenvalue weighted by Crippen LogP contribution is 2.35. The molecule has 0 unspecified atom stereocenters. The van der Waals surface area contributed by atoms with Crippen LogP contribution in [-0.2, 0) is 0 Å². The van der Waals surface area contributed by atoms with E-state index >= 15 is 0 Å². The first-order chi connectivity index (χ1) is 7.46. The summed E-state index contributed by atoms with van der Waals surface area (Å²) in [7, 11) is 0. The summed E-state index contributed by atoms with van der Waals surface area (Å²) in [6, 6.07) is 0. The van der Waals surface area contributed by atoms with Crippen molar-refractivity contribution in [1.29, 1.82) is 0 Å². The Kier molecular flexibility index (Phi) is 4.35. The molecule has 1 aliphatic carbocycles. The van der Waals surface area contributed by atoms with Crippen molar-refractivity contribution < 1.29 is 0 Å². The Labute approximate surface area is 100 Å². The SMILES string of the molecule is C/C=C(\C1=C(\C)C/C=C\C=C/C1)C(C)(C)C. The molecule has 0 nitrogen and oxygen atoms in total. The highest BCUT2D eigenvalue weighted by molar-refractivity contribution is 5.41. The van der Waals surface area contributed by atoms with E-state index in [9.17, 15) is 0 Å². The molecule has 0 N–H and O–H groups in total. The van der Waals surface area contributed by atoms with Gasteiger partial charge in [-0.05, 0) is 43.3 Å². The summed E-state index contributed by atoms with van der Waals surface area (Å²) in [5.74, 6) is 0. The molecular weight excluding hydrogens is 192 g/mol. The molecule has 0 radical (unpaired) electrons. The average Bonchev–Trinajstić information content (AvgIpc) is 2.15. The second kappa shape index (κ2) is 5.34. The van der Waals surface area contributed by atoms with E-state index in [2.05, 4.69) is 65.0 Å². The molecule has 0 amide bonds. The molecule has 88 valence electrons.